The van der Waals surface area contributed by atoms with Crippen LogP contribution in [0.2, 0.25) is 0 Å². The summed E-state index contributed by atoms with van der Waals surface area (Å²) in [6, 6.07) is 0. The van der Waals surface area contributed by atoms with Crippen LogP contribution in [0.15, 0.2) is 0 Å². The fourth-order valence-electron chi connectivity index (χ4n) is 1.53. The second-order valence-electron chi connectivity index (χ2n) is 4.58. The molecule has 0 aromatic rings. The second kappa shape index (κ2) is 9.09. The molecule has 0 rings (SSSR count). The molecule has 0 fully saturated rings. The molecule has 0 saturated heterocycles. The van der Waals surface area contributed by atoms with E-state index in [2.05, 4.69) is 0 Å². The van der Waals surface area contributed by atoms with Crippen LogP contribution in [-0.4, -0.2) is 45.0 Å². The van der Waals surface area contributed by atoms with Gasteiger partial charge >= 0.3 is 19.5 Å². The molecule has 8 nitrogen and oxygen atoms in total. The van der Waals surface area contributed by atoms with E-state index in [4.69, 9.17) is 9.79 Å². The maximum Gasteiger partial charge on any atom is 2.00 e. The fraction of sp³-hybridized carbons (Fsp3) is 1.00. The van der Waals surface area contributed by atoms with E-state index in [-0.39, 0.29) is 26.0 Å². The summed E-state index contributed by atoms with van der Waals surface area (Å²) >= 11 is 0. The van der Waals surface area contributed by atoms with Crippen LogP contribution in [0.4, 0.5) is 0 Å². The Labute approximate surface area is 131 Å². The van der Waals surface area contributed by atoms with Crippen LogP contribution in [0.25, 0.3) is 0 Å². The van der Waals surface area contributed by atoms with Gasteiger partial charge in [0, 0.05) is 13.0 Å². The van der Waals surface area contributed by atoms with Crippen molar-refractivity contribution in [2.24, 2.45) is 0 Å². The summed E-state index contributed by atoms with van der Waals surface area (Å²) in [5.74, 6) is 0. The van der Waals surface area contributed by atoms with Crippen molar-refractivity contribution in [3.63, 3.8) is 0 Å². The molecule has 11 heteroatoms. The molecule has 0 aliphatic rings. The number of unbranched alkanes of at least 4 members (excludes halogenated alkanes) is 2. The van der Waals surface area contributed by atoms with E-state index in [0.717, 1.165) is 19.3 Å². The van der Waals surface area contributed by atoms with Crippen molar-refractivity contribution in [3.8, 4) is 0 Å². The van der Waals surface area contributed by atoms with Gasteiger partial charge in [0.25, 0.3) is 0 Å². The van der Waals surface area contributed by atoms with Gasteiger partial charge in [0.05, 0.1) is 0 Å². The topological polar surface area (TPSA) is 144 Å². The van der Waals surface area contributed by atoms with Crippen molar-refractivity contribution in [3.05, 3.63) is 0 Å². The largest absolute Gasteiger partial charge is 2.00 e. The Kier molecular flexibility index (Phi) is 10.5. The number of rotatable bonds is 9. The Morgan fingerprint density at radius 3 is 1.90 bits per heavy atom. The van der Waals surface area contributed by atoms with Gasteiger partial charge < -0.3 is 38.7 Å². The molecule has 0 aliphatic heterocycles. The number of aliphatic hydroxyl groups is 1. The summed E-state index contributed by atoms with van der Waals surface area (Å²) in [6.07, 6.45) is 1.99. The van der Waals surface area contributed by atoms with Crippen LogP contribution in [0.5, 0.6) is 0 Å². The van der Waals surface area contributed by atoms with Gasteiger partial charge in [-0.05, 0) is 20.0 Å². The van der Waals surface area contributed by atoms with Crippen molar-refractivity contribution in [1.82, 2.24) is 4.90 Å². The molecule has 0 spiro atoms. The normalized spacial score (nSPS) is 20.6. The predicted molar refractivity (Wildman–Crippen MR) is 66.2 cm³/mol. The summed E-state index contributed by atoms with van der Waals surface area (Å²) in [5, 5.41) is 6.00. The van der Waals surface area contributed by atoms with E-state index in [9.17, 15) is 24.0 Å². The van der Waals surface area contributed by atoms with E-state index >= 15 is 0 Å². The third-order valence-electron chi connectivity index (χ3n) is 2.88. The summed E-state index contributed by atoms with van der Waals surface area (Å²) in [5.41, 5.74) is 0. The SMILES string of the molecule is CCCCCN(C)CCC(O)(P(=O)([O-])O)P(=O)([O-])O.[Zn+2]. The molecule has 0 aliphatic carbocycles. The first-order chi connectivity index (χ1) is 8.45. The van der Waals surface area contributed by atoms with Gasteiger partial charge in [-0.2, -0.15) is 0 Å². The van der Waals surface area contributed by atoms with E-state index in [1.54, 1.807) is 11.9 Å². The third-order valence-corrected chi connectivity index (χ3v) is 6.65. The molecular formula is C9H21NO7P2Zn. The maximum absolute atomic E-state index is 11.0. The van der Waals surface area contributed by atoms with Crippen molar-refractivity contribution in [2.75, 3.05) is 20.1 Å². The smallest absolute Gasteiger partial charge is 0.776 e. The van der Waals surface area contributed by atoms with Crippen LogP contribution in [0, 0.1) is 0 Å². The van der Waals surface area contributed by atoms with Crippen LogP contribution in [0.1, 0.15) is 32.6 Å². The monoisotopic (exact) mass is 381 g/mol. The van der Waals surface area contributed by atoms with Gasteiger partial charge in [0.2, 0.25) is 0 Å². The molecule has 2 unspecified atom stereocenters. The first kappa shape index (κ1) is 23.1. The van der Waals surface area contributed by atoms with Crippen LogP contribution in [0.3, 0.4) is 0 Å². The molecule has 0 bridgehead atoms. The minimum atomic E-state index is -5.64. The van der Waals surface area contributed by atoms with E-state index < -0.39 is 26.7 Å². The minimum absolute atomic E-state index is 0. The second-order valence-corrected chi connectivity index (χ2v) is 8.49. The molecule has 0 saturated carbocycles. The van der Waals surface area contributed by atoms with Crippen molar-refractivity contribution < 1.29 is 53.3 Å². The van der Waals surface area contributed by atoms with Gasteiger partial charge in [-0.3, -0.25) is 0 Å². The number of hydrogen-bond acceptors (Lipinski definition) is 6. The van der Waals surface area contributed by atoms with E-state index in [1.807, 2.05) is 6.92 Å². The predicted octanol–water partition coefficient (Wildman–Crippen LogP) is -0.767. The molecule has 0 aromatic heterocycles. The molecule has 0 heterocycles. The zero-order chi connectivity index (χ0) is 15.3. The molecular weight excluding hydrogens is 361 g/mol. The molecule has 0 radical (unpaired) electrons. The molecule has 116 valence electrons. The van der Waals surface area contributed by atoms with E-state index in [0.29, 0.717) is 6.54 Å². The Balaban J connectivity index is 0. The molecule has 0 aromatic carbocycles. The Hall–Kier alpha value is 0.843. The van der Waals surface area contributed by atoms with Gasteiger partial charge in [-0.1, -0.05) is 19.8 Å². The van der Waals surface area contributed by atoms with Crippen LogP contribution >= 0.6 is 15.2 Å². The number of nitrogens with zero attached hydrogens (tertiary/aromatic N) is 1. The summed E-state index contributed by atoms with van der Waals surface area (Å²) in [6.45, 7) is 2.50. The van der Waals surface area contributed by atoms with E-state index in [1.165, 1.54) is 0 Å². The Morgan fingerprint density at radius 2 is 1.55 bits per heavy atom. The van der Waals surface area contributed by atoms with Gasteiger partial charge in [-0.15, -0.1) is 0 Å². The first-order valence-electron chi connectivity index (χ1n) is 5.94. The molecule has 2 atom stereocenters. The van der Waals surface area contributed by atoms with Gasteiger partial charge in [0.15, 0.2) is 20.3 Å². The van der Waals surface area contributed by atoms with Crippen LogP contribution in [-0.2, 0) is 28.6 Å². The summed E-state index contributed by atoms with van der Waals surface area (Å²) < 4.78 is 21.9. The van der Waals surface area contributed by atoms with Crippen LogP contribution < -0.4 is 9.79 Å². The van der Waals surface area contributed by atoms with Crippen molar-refractivity contribution in [1.29, 1.82) is 0 Å². The standard InChI is InChI=1S/C9H23NO7P2.Zn/c1-3-4-5-7-10(2)8-6-9(11,18(12,13)14)19(15,16)17;/h11H,3-8H2,1-2H3,(H2,12,13,14)(H2,15,16,17);/q;+2/p-2. The zero-order valence-electron chi connectivity index (χ0n) is 11.8. The van der Waals surface area contributed by atoms with Gasteiger partial charge in [0.1, 0.15) is 0 Å². The molecule has 0 amide bonds. The summed E-state index contributed by atoms with van der Waals surface area (Å²) in [4.78, 5) is 41.1. The minimum Gasteiger partial charge on any atom is -0.776 e. The number of hydrogen-bond donors (Lipinski definition) is 3. The van der Waals surface area contributed by atoms with Crippen molar-refractivity contribution in [2.45, 2.75) is 37.7 Å². The fourth-order valence-corrected chi connectivity index (χ4v) is 3.57. The molecule has 3 N–H and O–H groups in total. The average Bonchev–Trinajstić information content (AvgIpc) is 2.23. The molecule has 20 heavy (non-hydrogen) atoms. The summed E-state index contributed by atoms with van der Waals surface area (Å²) in [7, 11) is -9.67. The average molecular weight is 383 g/mol. The van der Waals surface area contributed by atoms with Crippen molar-refractivity contribution >= 4 is 15.2 Å². The third kappa shape index (κ3) is 6.74. The Bertz CT molecular complexity index is 347. The Morgan fingerprint density at radius 1 is 1.10 bits per heavy atom. The quantitative estimate of drug-likeness (QED) is 0.268. The van der Waals surface area contributed by atoms with Gasteiger partial charge in [-0.25, -0.2) is 0 Å². The zero-order valence-corrected chi connectivity index (χ0v) is 16.5. The maximum atomic E-state index is 11.0. The first-order valence-corrected chi connectivity index (χ1v) is 9.10.